The summed E-state index contributed by atoms with van der Waals surface area (Å²) >= 11 is 0. The van der Waals surface area contributed by atoms with E-state index in [1.54, 1.807) is 6.08 Å². The molecule has 0 saturated carbocycles. The number of ketones is 1. The molecule has 13 heavy (non-hydrogen) atoms. The Labute approximate surface area is 77.8 Å². The minimum Gasteiger partial charge on any atom is -0.465 e. The van der Waals surface area contributed by atoms with Crippen LogP contribution in [0.2, 0.25) is 0 Å². The normalized spacial score (nSPS) is 22.5. The van der Waals surface area contributed by atoms with Crippen LogP contribution < -0.4 is 0 Å². The number of allylic oxidation sites excluding steroid dienone is 1. The van der Waals surface area contributed by atoms with Crippen LogP contribution in [0.3, 0.4) is 0 Å². The summed E-state index contributed by atoms with van der Waals surface area (Å²) in [4.78, 5) is 22.5. The molecule has 0 heterocycles. The van der Waals surface area contributed by atoms with Crippen molar-refractivity contribution in [2.45, 2.75) is 32.1 Å². The topological polar surface area (TPSA) is 43.4 Å². The van der Waals surface area contributed by atoms with Gasteiger partial charge in [0, 0.05) is 6.42 Å². The summed E-state index contributed by atoms with van der Waals surface area (Å²) in [6, 6.07) is 0. The molecule has 0 bridgehead atoms. The van der Waals surface area contributed by atoms with Gasteiger partial charge < -0.3 is 4.74 Å². The van der Waals surface area contributed by atoms with Crippen LogP contribution in [0.25, 0.3) is 0 Å². The lowest BCUT2D eigenvalue weighted by atomic mass is 9.99. The predicted octanol–water partition coefficient (Wildman–Crippen LogP) is 1.62. The Morgan fingerprint density at radius 3 is 2.85 bits per heavy atom. The molecule has 3 heteroatoms. The van der Waals surface area contributed by atoms with E-state index in [9.17, 15) is 9.59 Å². The van der Waals surface area contributed by atoms with Crippen molar-refractivity contribution >= 4 is 11.8 Å². The van der Waals surface area contributed by atoms with Crippen LogP contribution in [0.4, 0.5) is 0 Å². The Hall–Kier alpha value is -1.12. The summed E-state index contributed by atoms with van der Waals surface area (Å²) in [5, 5.41) is 0. The van der Waals surface area contributed by atoms with Gasteiger partial charge in [-0.1, -0.05) is 12.5 Å². The molecule has 0 unspecified atom stereocenters. The largest absolute Gasteiger partial charge is 0.465 e. The molecule has 0 aromatic carbocycles. The molecule has 0 radical (unpaired) electrons. The number of Topliss-reactive ketones (excluding diaryl/α,β-unsaturated/α-hetero) is 1. The van der Waals surface area contributed by atoms with Gasteiger partial charge in [-0.3, -0.25) is 4.79 Å². The molecule has 0 aromatic heterocycles. The average Bonchev–Trinajstić information content (AvgIpc) is 2.11. The quantitative estimate of drug-likeness (QED) is 0.457. The summed E-state index contributed by atoms with van der Waals surface area (Å²) in [5.74, 6) is -0.571. The number of methoxy groups -OCH3 is 1. The van der Waals surface area contributed by atoms with Crippen LogP contribution in [-0.2, 0) is 14.3 Å². The van der Waals surface area contributed by atoms with Crippen molar-refractivity contribution in [2.75, 3.05) is 7.11 Å². The summed E-state index contributed by atoms with van der Waals surface area (Å²) in [5.41, 5.74) is 0.238. The highest BCUT2D eigenvalue weighted by Crippen LogP contribution is 2.14. The highest BCUT2D eigenvalue weighted by Gasteiger charge is 2.18. The molecule has 1 rings (SSSR count). The third-order valence-electron chi connectivity index (χ3n) is 2.16. The van der Waals surface area contributed by atoms with E-state index >= 15 is 0 Å². The first-order chi connectivity index (χ1) is 6.25. The lowest BCUT2D eigenvalue weighted by molar-refractivity contribution is -0.137. The molecule has 0 atom stereocenters. The van der Waals surface area contributed by atoms with E-state index in [1.807, 2.05) is 0 Å². The van der Waals surface area contributed by atoms with Crippen molar-refractivity contribution in [2.24, 2.45) is 0 Å². The fraction of sp³-hybridized carbons (Fsp3) is 0.600. The van der Waals surface area contributed by atoms with Gasteiger partial charge in [-0.15, -0.1) is 0 Å². The first-order valence-electron chi connectivity index (χ1n) is 4.57. The van der Waals surface area contributed by atoms with Crippen LogP contribution in [-0.4, -0.2) is 18.9 Å². The third kappa shape index (κ3) is 2.68. The van der Waals surface area contributed by atoms with Crippen molar-refractivity contribution in [1.82, 2.24) is 0 Å². The summed E-state index contributed by atoms with van der Waals surface area (Å²) in [7, 11) is 1.30. The van der Waals surface area contributed by atoms with Gasteiger partial charge in [-0.2, -0.15) is 0 Å². The summed E-state index contributed by atoms with van der Waals surface area (Å²) in [6.45, 7) is 0. The number of esters is 1. The fourth-order valence-corrected chi connectivity index (χ4v) is 1.41. The SMILES string of the molecule is COC(=O)/C1=C/CCCCCC1=O. The van der Waals surface area contributed by atoms with E-state index in [2.05, 4.69) is 4.74 Å². The van der Waals surface area contributed by atoms with Gasteiger partial charge in [-0.05, 0) is 19.3 Å². The maximum absolute atomic E-state index is 11.4. The third-order valence-corrected chi connectivity index (χ3v) is 2.16. The van der Waals surface area contributed by atoms with Crippen LogP contribution >= 0.6 is 0 Å². The second kappa shape index (κ2) is 4.80. The molecule has 1 aliphatic carbocycles. The zero-order valence-corrected chi connectivity index (χ0v) is 7.84. The Balaban J connectivity index is 2.75. The van der Waals surface area contributed by atoms with Crippen molar-refractivity contribution in [3.8, 4) is 0 Å². The van der Waals surface area contributed by atoms with Crippen LogP contribution in [0.1, 0.15) is 32.1 Å². The number of carbonyl (C=O) groups excluding carboxylic acids is 2. The lowest BCUT2D eigenvalue weighted by Gasteiger charge is -2.07. The highest BCUT2D eigenvalue weighted by molar-refractivity contribution is 6.17. The molecule has 0 N–H and O–H groups in total. The number of carbonyl (C=O) groups is 2. The molecule has 0 saturated heterocycles. The maximum atomic E-state index is 11.4. The zero-order chi connectivity index (χ0) is 9.68. The maximum Gasteiger partial charge on any atom is 0.341 e. The first kappa shape index (κ1) is 9.96. The molecule has 72 valence electrons. The molecule has 0 fully saturated rings. The van der Waals surface area contributed by atoms with Gasteiger partial charge in [0.15, 0.2) is 5.78 Å². The Kier molecular flexibility index (Phi) is 3.68. The van der Waals surface area contributed by atoms with E-state index in [-0.39, 0.29) is 11.4 Å². The standard InChI is InChI=1S/C10H14O3/c1-13-10(12)8-6-4-2-3-5-7-9(8)11/h6H,2-5,7H2,1H3/b8-6+. The number of rotatable bonds is 1. The van der Waals surface area contributed by atoms with E-state index in [0.717, 1.165) is 25.7 Å². The van der Waals surface area contributed by atoms with E-state index in [0.29, 0.717) is 6.42 Å². The Morgan fingerprint density at radius 1 is 1.38 bits per heavy atom. The highest BCUT2D eigenvalue weighted by atomic mass is 16.5. The van der Waals surface area contributed by atoms with Gasteiger partial charge in [0.2, 0.25) is 0 Å². The van der Waals surface area contributed by atoms with Crippen molar-refractivity contribution in [3.63, 3.8) is 0 Å². The molecular weight excluding hydrogens is 168 g/mol. The van der Waals surface area contributed by atoms with Gasteiger partial charge >= 0.3 is 5.97 Å². The molecule has 0 amide bonds. The lowest BCUT2D eigenvalue weighted by Crippen LogP contribution is -2.15. The second-order valence-corrected chi connectivity index (χ2v) is 3.13. The first-order valence-corrected chi connectivity index (χ1v) is 4.57. The molecule has 0 spiro atoms. The molecule has 0 aromatic rings. The minimum absolute atomic E-state index is 0.0773. The van der Waals surface area contributed by atoms with Crippen LogP contribution in [0.5, 0.6) is 0 Å². The smallest absolute Gasteiger partial charge is 0.341 e. The monoisotopic (exact) mass is 182 g/mol. The van der Waals surface area contributed by atoms with E-state index in [4.69, 9.17) is 0 Å². The predicted molar refractivity (Wildman–Crippen MR) is 48.2 cm³/mol. The molecule has 1 aliphatic rings. The van der Waals surface area contributed by atoms with Crippen molar-refractivity contribution in [3.05, 3.63) is 11.6 Å². The van der Waals surface area contributed by atoms with Gasteiger partial charge in [0.1, 0.15) is 0 Å². The molecule has 0 aliphatic heterocycles. The minimum atomic E-state index is -0.494. The van der Waals surface area contributed by atoms with Crippen molar-refractivity contribution < 1.29 is 14.3 Å². The van der Waals surface area contributed by atoms with Crippen molar-refractivity contribution in [1.29, 1.82) is 0 Å². The number of hydrogen-bond donors (Lipinski definition) is 0. The summed E-state index contributed by atoms with van der Waals surface area (Å²) < 4.78 is 4.53. The summed E-state index contributed by atoms with van der Waals surface area (Å²) in [6.07, 6.45) is 5.97. The second-order valence-electron chi connectivity index (χ2n) is 3.13. The number of hydrogen-bond acceptors (Lipinski definition) is 3. The molecule has 3 nitrogen and oxygen atoms in total. The Morgan fingerprint density at radius 2 is 2.15 bits per heavy atom. The zero-order valence-electron chi connectivity index (χ0n) is 7.84. The van der Waals surface area contributed by atoms with Gasteiger partial charge in [0.05, 0.1) is 12.7 Å². The van der Waals surface area contributed by atoms with E-state index in [1.165, 1.54) is 7.11 Å². The molecular formula is C10H14O3. The van der Waals surface area contributed by atoms with Crippen LogP contribution in [0.15, 0.2) is 11.6 Å². The van der Waals surface area contributed by atoms with Gasteiger partial charge in [0.25, 0.3) is 0 Å². The van der Waals surface area contributed by atoms with Gasteiger partial charge in [-0.25, -0.2) is 4.79 Å². The Bertz CT molecular complexity index is 241. The average molecular weight is 182 g/mol. The van der Waals surface area contributed by atoms with E-state index < -0.39 is 5.97 Å². The fourth-order valence-electron chi connectivity index (χ4n) is 1.41. The number of ether oxygens (including phenoxy) is 1. The van der Waals surface area contributed by atoms with Crippen LogP contribution in [0, 0.1) is 0 Å².